The molecule has 0 aliphatic carbocycles. The molecule has 3 aromatic rings. The fourth-order valence-corrected chi connectivity index (χ4v) is 2.97. The third-order valence-corrected chi connectivity index (χ3v) is 4.02. The first-order valence-electron chi connectivity index (χ1n) is 6.97. The molecule has 3 nitrogen and oxygen atoms in total. The Bertz CT molecular complexity index is 776. The molecule has 0 spiro atoms. The first kappa shape index (κ1) is 11.7. The summed E-state index contributed by atoms with van der Waals surface area (Å²) >= 11 is 0. The van der Waals surface area contributed by atoms with Crippen molar-refractivity contribution in [1.82, 2.24) is 10.3 Å². The number of para-hydroxylation sites is 1. The van der Waals surface area contributed by atoms with Crippen molar-refractivity contribution in [2.45, 2.75) is 19.4 Å². The second-order valence-corrected chi connectivity index (χ2v) is 5.36. The second-order valence-electron chi connectivity index (χ2n) is 5.36. The zero-order valence-electron chi connectivity index (χ0n) is 11.4. The summed E-state index contributed by atoms with van der Waals surface area (Å²) in [7, 11) is 0. The smallest absolute Gasteiger partial charge is 0.204 e. The molecule has 1 atom stereocenters. The summed E-state index contributed by atoms with van der Waals surface area (Å²) < 4.78 is 6.04. The van der Waals surface area contributed by atoms with Crippen molar-refractivity contribution < 1.29 is 4.42 Å². The average Bonchev–Trinajstić information content (AvgIpc) is 2.92. The van der Waals surface area contributed by atoms with Gasteiger partial charge in [0.15, 0.2) is 5.58 Å². The molecule has 1 N–H and O–H groups in total. The lowest BCUT2D eigenvalue weighted by atomic mass is 9.91. The van der Waals surface area contributed by atoms with Crippen LogP contribution in [-0.4, -0.2) is 11.5 Å². The Hall–Kier alpha value is -2.13. The normalized spacial score (nSPS) is 18.1. The molecule has 1 aromatic heterocycles. The maximum absolute atomic E-state index is 6.04. The summed E-state index contributed by atoms with van der Waals surface area (Å²) in [6, 6.07) is 14.6. The van der Waals surface area contributed by atoms with Gasteiger partial charge in [-0.05, 0) is 29.7 Å². The van der Waals surface area contributed by atoms with Gasteiger partial charge in [-0.3, -0.25) is 0 Å². The van der Waals surface area contributed by atoms with Crippen LogP contribution >= 0.6 is 0 Å². The van der Waals surface area contributed by atoms with Crippen molar-refractivity contribution in [1.29, 1.82) is 0 Å². The van der Waals surface area contributed by atoms with E-state index in [2.05, 4.69) is 47.6 Å². The van der Waals surface area contributed by atoms with E-state index in [9.17, 15) is 0 Å². The third-order valence-electron chi connectivity index (χ3n) is 4.02. The fourth-order valence-electron chi connectivity index (χ4n) is 2.97. The SMILES string of the molecule is Cc1cccc2nc(C3CNCc4ccccc43)oc12. The number of fused-ring (bicyclic) bond motifs is 2. The van der Waals surface area contributed by atoms with Gasteiger partial charge >= 0.3 is 0 Å². The molecule has 1 aliphatic rings. The number of nitrogens with zero attached hydrogens (tertiary/aromatic N) is 1. The molecule has 3 heteroatoms. The Morgan fingerprint density at radius 3 is 2.95 bits per heavy atom. The van der Waals surface area contributed by atoms with Gasteiger partial charge in [0.1, 0.15) is 5.52 Å². The van der Waals surface area contributed by atoms with Crippen LogP contribution in [0.25, 0.3) is 11.1 Å². The molecule has 4 rings (SSSR count). The minimum Gasteiger partial charge on any atom is -0.440 e. The van der Waals surface area contributed by atoms with Crippen LogP contribution in [0.4, 0.5) is 0 Å². The maximum Gasteiger partial charge on any atom is 0.204 e. The molecular weight excluding hydrogens is 248 g/mol. The van der Waals surface area contributed by atoms with Crippen LogP contribution in [-0.2, 0) is 6.54 Å². The summed E-state index contributed by atoms with van der Waals surface area (Å²) in [6.45, 7) is 3.86. The largest absolute Gasteiger partial charge is 0.440 e. The van der Waals surface area contributed by atoms with Gasteiger partial charge in [0.2, 0.25) is 5.89 Å². The summed E-state index contributed by atoms with van der Waals surface area (Å²) in [6.07, 6.45) is 0. The minimum atomic E-state index is 0.201. The predicted octanol–water partition coefficient (Wildman–Crippen LogP) is 3.37. The highest BCUT2D eigenvalue weighted by molar-refractivity contribution is 5.76. The van der Waals surface area contributed by atoms with E-state index in [0.29, 0.717) is 0 Å². The standard InChI is InChI=1S/C17H16N2O/c1-11-5-4-8-15-16(11)20-17(19-15)14-10-18-9-12-6-2-3-7-13(12)14/h2-8,14,18H,9-10H2,1H3. The lowest BCUT2D eigenvalue weighted by Crippen LogP contribution is -2.28. The van der Waals surface area contributed by atoms with Gasteiger partial charge in [0.05, 0.1) is 5.92 Å². The molecule has 0 saturated carbocycles. The molecule has 0 bridgehead atoms. The van der Waals surface area contributed by atoms with Gasteiger partial charge in [-0.15, -0.1) is 0 Å². The highest BCUT2D eigenvalue weighted by atomic mass is 16.3. The topological polar surface area (TPSA) is 38.1 Å². The van der Waals surface area contributed by atoms with Gasteiger partial charge in [-0.2, -0.15) is 0 Å². The van der Waals surface area contributed by atoms with Crippen molar-refractivity contribution in [3.05, 3.63) is 65.0 Å². The van der Waals surface area contributed by atoms with Gasteiger partial charge in [-0.25, -0.2) is 4.98 Å². The Morgan fingerprint density at radius 1 is 1.15 bits per heavy atom. The number of hydrogen-bond donors (Lipinski definition) is 1. The van der Waals surface area contributed by atoms with Gasteiger partial charge < -0.3 is 9.73 Å². The number of oxazole rings is 1. The fraction of sp³-hybridized carbons (Fsp3) is 0.235. The van der Waals surface area contributed by atoms with Gasteiger partial charge in [0.25, 0.3) is 0 Å². The molecule has 1 aliphatic heterocycles. The molecular formula is C17H16N2O. The van der Waals surface area contributed by atoms with Crippen molar-refractivity contribution in [3.63, 3.8) is 0 Å². The Morgan fingerprint density at radius 2 is 2.05 bits per heavy atom. The monoisotopic (exact) mass is 264 g/mol. The van der Waals surface area contributed by atoms with Crippen molar-refractivity contribution >= 4 is 11.1 Å². The molecule has 0 radical (unpaired) electrons. The molecule has 0 fully saturated rings. The number of benzene rings is 2. The molecule has 2 heterocycles. The zero-order chi connectivity index (χ0) is 13.5. The van der Waals surface area contributed by atoms with E-state index in [1.54, 1.807) is 0 Å². The summed E-state index contributed by atoms with van der Waals surface area (Å²) in [5.41, 5.74) is 5.66. The average molecular weight is 264 g/mol. The van der Waals surface area contributed by atoms with E-state index in [1.807, 2.05) is 12.1 Å². The Kier molecular flexibility index (Phi) is 2.60. The lowest BCUT2D eigenvalue weighted by Gasteiger charge is -2.23. The molecule has 1 unspecified atom stereocenters. The van der Waals surface area contributed by atoms with Crippen LogP contribution < -0.4 is 5.32 Å². The van der Waals surface area contributed by atoms with Crippen molar-refractivity contribution in [2.24, 2.45) is 0 Å². The van der Waals surface area contributed by atoms with Crippen LogP contribution in [0.3, 0.4) is 0 Å². The van der Waals surface area contributed by atoms with E-state index < -0.39 is 0 Å². The van der Waals surface area contributed by atoms with Crippen LogP contribution in [0.15, 0.2) is 46.9 Å². The maximum atomic E-state index is 6.04. The van der Waals surface area contributed by atoms with Gasteiger partial charge in [-0.1, -0.05) is 36.4 Å². The molecule has 100 valence electrons. The van der Waals surface area contributed by atoms with E-state index in [4.69, 9.17) is 4.42 Å². The van der Waals surface area contributed by atoms with E-state index in [0.717, 1.165) is 35.6 Å². The van der Waals surface area contributed by atoms with Crippen LogP contribution in [0, 0.1) is 6.92 Å². The predicted molar refractivity (Wildman–Crippen MR) is 78.7 cm³/mol. The zero-order valence-corrected chi connectivity index (χ0v) is 11.4. The number of hydrogen-bond acceptors (Lipinski definition) is 3. The second kappa shape index (κ2) is 4.46. The quantitative estimate of drug-likeness (QED) is 0.732. The summed E-state index contributed by atoms with van der Waals surface area (Å²) in [4.78, 5) is 4.69. The number of nitrogens with one attached hydrogen (secondary N) is 1. The Balaban J connectivity index is 1.86. The van der Waals surface area contributed by atoms with E-state index in [-0.39, 0.29) is 5.92 Å². The Labute approximate surface area is 117 Å². The molecule has 0 amide bonds. The molecule has 20 heavy (non-hydrogen) atoms. The summed E-state index contributed by atoms with van der Waals surface area (Å²) in [5.74, 6) is 1.01. The highest BCUT2D eigenvalue weighted by Gasteiger charge is 2.25. The van der Waals surface area contributed by atoms with Crippen molar-refractivity contribution in [3.8, 4) is 0 Å². The molecule has 0 saturated heterocycles. The van der Waals surface area contributed by atoms with Gasteiger partial charge in [0, 0.05) is 13.1 Å². The first-order valence-corrected chi connectivity index (χ1v) is 6.97. The summed E-state index contributed by atoms with van der Waals surface area (Å²) in [5, 5.41) is 3.45. The number of aromatic nitrogens is 1. The number of rotatable bonds is 1. The first-order chi connectivity index (χ1) is 9.83. The number of aryl methyl sites for hydroxylation is 1. The van der Waals surface area contributed by atoms with E-state index in [1.165, 1.54) is 11.1 Å². The van der Waals surface area contributed by atoms with E-state index >= 15 is 0 Å². The highest BCUT2D eigenvalue weighted by Crippen LogP contribution is 2.32. The third kappa shape index (κ3) is 1.74. The lowest BCUT2D eigenvalue weighted by molar-refractivity contribution is 0.464. The van der Waals surface area contributed by atoms with Crippen LogP contribution in [0.2, 0.25) is 0 Å². The molecule has 2 aromatic carbocycles. The van der Waals surface area contributed by atoms with Crippen LogP contribution in [0.5, 0.6) is 0 Å². The van der Waals surface area contributed by atoms with Crippen LogP contribution in [0.1, 0.15) is 28.5 Å². The van der Waals surface area contributed by atoms with Crippen molar-refractivity contribution in [2.75, 3.05) is 6.54 Å². The minimum absolute atomic E-state index is 0.201.